The van der Waals surface area contributed by atoms with Gasteiger partial charge in [-0.15, -0.1) is 0 Å². The van der Waals surface area contributed by atoms with Gasteiger partial charge in [-0.05, 0) is 12.8 Å². The van der Waals surface area contributed by atoms with E-state index in [1.165, 1.54) is 7.11 Å². The van der Waals surface area contributed by atoms with Crippen LogP contribution >= 0.6 is 0 Å². The zero-order valence-corrected chi connectivity index (χ0v) is 8.43. The predicted molar refractivity (Wildman–Crippen MR) is 52.6 cm³/mol. The van der Waals surface area contributed by atoms with Gasteiger partial charge in [-0.1, -0.05) is 0 Å². The first-order valence-electron chi connectivity index (χ1n) is 4.74. The molecule has 1 aromatic heterocycles. The van der Waals surface area contributed by atoms with Crippen LogP contribution in [0.4, 0.5) is 5.82 Å². The zero-order valence-electron chi connectivity index (χ0n) is 8.43. The Kier molecular flexibility index (Phi) is 2.36. The minimum Gasteiger partial charge on any atom is -0.477 e. The minimum atomic E-state index is -1.05. The average Bonchev–Trinajstić information content (AvgIpc) is 2.93. The van der Waals surface area contributed by atoms with E-state index in [0.717, 1.165) is 12.8 Å². The monoisotopic (exact) mass is 211 g/mol. The van der Waals surface area contributed by atoms with Gasteiger partial charge in [-0.3, -0.25) is 0 Å². The van der Waals surface area contributed by atoms with Crippen molar-refractivity contribution in [2.45, 2.75) is 25.5 Å². The van der Waals surface area contributed by atoms with E-state index in [4.69, 9.17) is 15.6 Å². The number of carboxylic acids is 1. The lowest BCUT2D eigenvalue weighted by molar-refractivity contribution is 0.0693. The Bertz CT molecular complexity index is 396. The number of rotatable bonds is 4. The lowest BCUT2D eigenvalue weighted by atomic mass is 10.2. The Morgan fingerprint density at radius 2 is 2.40 bits per heavy atom. The maximum atomic E-state index is 11.0. The number of nitrogens with zero attached hydrogens (tertiary/aromatic N) is 2. The van der Waals surface area contributed by atoms with E-state index in [1.807, 2.05) is 0 Å². The number of ether oxygens (including phenoxy) is 1. The number of aromatic nitrogens is 2. The van der Waals surface area contributed by atoms with Crippen molar-refractivity contribution in [1.82, 2.24) is 9.78 Å². The third-order valence-corrected chi connectivity index (χ3v) is 2.41. The highest BCUT2D eigenvalue weighted by molar-refractivity contribution is 5.94. The summed E-state index contributed by atoms with van der Waals surface area (Å²) in [5.74, 6) is -0.816. The number of hydrogen-bond acceptors (Lipinski definition) is 4. The number of aromatic carboxylic acids is 1. The van der Waals surface area contributed by atoms with Crippen molar-refractivity contribution in [3.05, 3.63) is 11.3 Å². The van der Waals surface area contributed by atoms with Gasteiger partial charge in [0.25, 0.3) is 0 Å². The summed E-state index contributed by atoms with van der Waals surface area (Å²) in [4.78, 5) is 11.0. The highest BCUT2D eigenvalue weighted by atomic mass is 16.5. The quantitative estimate of drug-likeness (QED) is 0.762. The second-order valence-electron chi connectivity index (χ2n) is 3.62. The molecule has 1 saturated carbocycles. The molecule has 0 amide bonds. The summed E-state index contributed by atoms with van der Waals surface area (Å²) < 4.78 is 6.49. The molecule has 3 N–H and O–H groups in total. The molecule has 15 heavy (non-hydrogen) atoms. The Morgan fingerprint density at radius 1 is 1.73 bits per heavy atom. The van der Waals surface area contributed by atoms with Crippen LogP contribution in [0.15, 0.2) is 0 Å². The molecule has 1 aliphatic carbocycles. The normalized spacial score (nSPS) is 15.5. The van der Waals surface area contributed by atoms with Crippen LogP contribution in [-0.2, 0) is 11.3 Å². The summed E-state index contributed by atoms with van der Waals surface area (Å²) in [6, 6.07) is 0.272. The minimum absolute atomic E-state index is 0.0729. The van der Waals surface area contributed by atoms with Crippen LogP contribution in [0.25, 0.3) is 0 Å². The topological polar surface area (TPSA) is 90.4 Å². The summed E-state index contributed by atoms with van der Waals surface area (Å²) in [7, 11) is 1.50. The number of nitrogens with two attached hydrogens (primary N) is 1. The van der Waals surface area contributed by atoms with E-state index in [2.05, 4.69) is 5.10 Å². The van der Waals surface area contributed by atoms with Crippen LogP contribution < -0.4 is 5.73 Å². The van der Waals surface area contributed by atoms with Crippen molar-refractivity contribution in [2.75, 3.05) is 12.8 Å². The first kappa shape index (κ1) is 9.97. The van der Waals surface area contributed by atoms with Crippen LogP contribution in [0, 0.1) is 0 Å². The summed E-state index contributed by atoms with van der Waals surface area (Å²) in [5.41, 5.74) is 6.21. The molecular weight excluding hydrogens is 198 g/mol. The molecule has 82 valence electrons. The van der Waals surface area contributed by atoms with E-state index >= 15 is 0 Å². The number of carboxylic acid groups (broad SMARTS) is 1. The fourth-order valence-corrected chi connectivity index (χ4v) is 1.56. The summed E-state index contributed by atoms with van der Waals surface area (Å²) in [6.07, 6.45) is 2.02. The molecule has 0 unspecified atom stereocenters. The largest absolute Gasteiger partial charge is 0.477 e. The maximum absolute atomic E-state index is 11.0. The molecule has 0 saturated heterocycles. The molecule has 0 radical (unpaired) electrons. The molecule has 0 aromatic carbocycles. The third kappa shape index (κ3) is 1.68. The van der Waals surface area contributed by atoms with E-state index in [-0.39, 0.29) is 24.0 Å². The van der Waals surface area contributed by atoms with Crippen LogP contribution in [0.3, 0.4) is 0 Å². The van der Waals surface area contributed by atoms with Crippen LogP contribution in [-0.4, -0.2) is 28.0 Å². The molecule has 1 fully saturated rings. The fourth-order valence-electron chi connectivity index (χ4n) is 1.56. The highest BCUT2D eigenvalue weighted by Crippen LogP contribution is 2.37. The van der Waals surface area contributed by atoms with Gasteiger partial charge in [0, 0.05) is 7.11 Å². The standard InChI is InChI=1S/C9H13N3O3/c1-15-4-6-7(9(13)14)8(10)12(11-6)5-2-3-5/h5H,2-4,10H2,1H3,(H,13,14). The molecule has 0 bridgehead atoms. The van der Waals surface area contributed by atoms with E-state index in [1.54, 1.807) is 4.68 Å². The number of methoxy groups -OCH3 is 1. The second kappa shape index (κ2) is 3.54. The van der Waals surface area contributed by atoms with E-state index < -0.39 is 5.97 Å². The van der Waals surface area contributed by atoms with Crippen LogP contribution in [0.2, 0.25) is 0 Å². The summed E-state index contributed by atoms with van der Waals surface area (Å²) >= 11 is 0. The Morgan fingerprint density at radius 3 is 2.87 bits per heavy atom. The van der Waals surface area contributed by atoms with Crippen LogP contribution in [0.5, 0.6) is 0 Å². The van der Waals surface area contributed by atoms with Gasteiger partial charge >= 0.3 is 5.97 Å². The van der Waals surface area contributed by atoms with Crippen molar-refractivity contribution < 1.29 is 14.6 Å². The van der Waals surface area contributed by atoms with Gasteiger partial charge in [-0.25, -0.2) is 9.48 Å². The molecule has 1 aromatic rings. The Hall–Kier alpha value is -1.56. The Balaban J connectivity index is 2.43. The number of nitrogen functional groups attached to an aromatic ring is 1. The predicted octanol–water partition coefficient (Wildman–Crippen LogP) is 0.645. The van der Waals surface area contributed by atoms with Crippen molar-refractivity contribution in [2.24, 2.45) is 0 Å². The zero-order chi connectivity index (χ0) is 11.0. The molecule has 6 heteroatoms. The second-order valence-corrected chi connectivity index (χ2v) is 3.62. The lowest BCUT2D eigenvalue weighted by Crippen LogP contribution is -2.06. The van der Waals surface area contributed by atoms with Gasteiger partial charge in [0.2, 0.25) is 0 Å². The average molecular weight is 211 g/mol. The number of hydrogen-bond donors (Lipinski definition) is 2. The molecule has 2 rings (SSSR count). The summed E-state index contributed by atoms with van der Waals surface area (Å²) in [5, 5.41) is 13.2. The maximum Gasteiger partial charge on any atom is 0.341 e. The van der Waals surface area contributed by atoms with Gasteiger partial charge in [0.15, 0.2) is 0 Å². The van der Waals surface area contributed by atoms with Crippen molar-refractivity contribution in [1.29, 1.82) is 0 Å². The molecule has 1 aliphatic rings. The molecule has 0 aliphatic heterocycles. The smallest absolute Gasteiger partial charge is 0.341 e. The van der Waals surface area contributed by atoms with Gasteiger partial charge in [0.1, 0.15) is 17.1 Å². The van der Waals surface area contributed by atoms with E-state index in [0.29, 0.717) is 5.69 Å². The van der Waals surface area contributed by atoms with E-state index in [9.17, 15) is 4.79 Å². The number of anilines is 1. The SMILES string of the molecule is COCc1nn(C2CC2)c(N)c1C(=O)O. The number of carbonyl (C=O) groups is 1. The first-order chi connectivity index (χ1) is 7.15. The Labute approximate surface area is 86.6 Å². The van der Waals surface area contributed by atoms with Gasteiger partial charge in [0.05, 0.1) is 12.6 Å². The molecular formula is C9H13N3O3. The first-order valence-corrected chi connectivity index (χ1v) is 4.74. The molecule has 0 spiro atoms. The van der Waals surface area contributed by atoms with Crippen molar-refractivity contribution in [3.8, 4) is 0 Å². The van der Waals surface area contributed by atoms with Crippen molar-refractivity contribution in [3.63, 3.8) is 0 Å². The fraction of sp³-hybridized carbons (Fsp3) is 0.556. The van der Waals surface area contributed by atoms with Gasteiger partial charge < -0.3 is 15.6 Å². The highest BCUT2D eigenvalue weighted by Gasteiger charge is 2.31. The van der Waals surface area contributed by atoms with Crippen molar-refractivity contribution >= 4 is 11.8 Å². The van der Waals surface area contributed by atoms with Crippen LogP contribution in [0.1, 0.15) is 34.9 Å². The third-order valence-electron chi connectivity index (χ3n) is 2.41. The lowest BCUT2D eigenvalue weighted by Gasteiger charge is -1.99. The summed E-state index contributed by atoms with van der Waals surface area (Å²) in [6.45, 7) is 0.172. The van der Waals surface area contributed by atoms with Gasteiger partial charge in [-0.2, -0.15) is 5.10 Å². The molecule has 6 nitrogen and oxygen atoms in total. The molecule has 0 atom stereocenters. The molecule has 1 heterocycles.